The number of piperidine rings is 1. The van der Waals surface area contributed by atoms with Gasteiger partial charge in [-0.1, -0.05) is 0 Å². The lowest BCUT2D eigenvalue weighted by atomic mass is 9.93. The van der Waals surface area contributed by atoms with E-state index in [1.807, 2.05) is 0 Å². The van der Waals surface area contributed by atoms with Gasteiger partial charge in [-0.2, -0.15) is 11.3 Å². The van der Waals surface area contributed by atoms with Gasteiger partial charge in [0.05, 0.1) is 0 Å². The molecule has 1 aliphatic carbocycles. The number of nitrogens with zero attached hydrogens (tertiary/aromatic N) is 1. The van der Waals surface area contributed by atoms with Gasteiger partial charge >= 0.3 is 0 Å². The molecule has 1 saturated carbocycles. The van der Waals surface area contributed by atoms with Crippen LogP contribution in [0.3, 0.4) is 0 Å². The van der Waals surface area contributed by atoms with Crippen molar-refractivity contribution in [2.45, 2.75) is 38.8 Å². The number of hydrogen-bond acceptors (Lipinski definition) is 3. The van der Waals surface area contributed by atoms with Crippen molar-refractivity contribution in [1.82, 2.24) is 10.2 Å². The fourth-order valence-electron chi connectivity index (χ4n) is 3.25. The first kappa shape index (κ1) is 12.2. The number of amides is 1. The standard InChI is InChI=1S/C14H20N2OS/c1-11(17)16(9-12-2-7-18-10-12)13-8-14(13)3-5-15-6-4-14/h2,7,10,13,15H,3-6,8-9H2,1H3. The summed E-state index contributed by atoms with van der Waals surface area (Å²) in [5.41, 5.74) is 1.71. The Morgan fingerprint density at radius 2 is 2.33 bits per heavy atom. The zero-order valence-electron chi connectivity index (χ0n) is 10.8. The Hall–Kier alpha value is -0.870. The molecule has 2 heterocycles. The van der Waals surface area contributed by atoms with Crippen LogP contribution in [0.5, 0.6) is 0 Å². The van der Waals surface area contributed by atoms with Crippen molar-refractivity contribution in [2.75, 3.05) is 13.1 Å². The highest BCUT2D eigenvalue weighted by molar-refractivity contribution is 7.07. The lowest BCUT2D eigenvalue weighted by Crippen LogP contribution is -2.38. The minimum absolute atomic E-state index is 0.224. The van der Waals surface area contributed by atoms with Gasteiger partial charge in [0, 0.05) is 19.5 Å². The molecule has 2 fully saturated rings. The monoisotopic (exact) mass is 264 g/mol. The van der Waals surface area contributed by atoms with E-state index in [1.165, 1.54) is 24.8 Å². The second kappa shape index (κ2) is 4.67. The summed E-state index contributed by atoms with van der Waals surface area (Å²) in [5, 5.41) is 7.64. The zero-order chi connectivity index (χ0) is 12.6. The summed E-state index contributed by atoms with van der Waals surface area (Å²) in [6.45, 7) is 4.72. The molecule has 18 heavy (non-hydrogen) atoms. The Morgan fingerprint density at radius 3 is 2.94 bits per heavy atom. The summed E-state index contributed by atoms with van der Waals surface area (Å²) in [4.78, 5) is 14.0. The van der Waals surface area contributed by atoms with Crippen molar-refractivity contribution in [3.8, 4) is 0 Å². The van der Waals surface area contributed by atoms with Gasteiger partial charge in [-0.05, 0) is 60.2 Å². The molecule has 1 N–H and O–H groups in total. The average Bonchev–Trinajstić information content (AvgIpc) is 2.82. The summed E-state index contributed by atoms with van der Waals surface area (Å²) in [7, 11) is 0. The molecular weight excluding hydrogens is 244 g/mol. The van der Waals surface area contributed by atoms with Crippen LogP contribution in [-0.4, -0.2) is 29.9 Å². The molecule has 98 valence electrons. The third-order valence-corrected chi connectivity index (χ3v) is 5.19. The highest BCUT2D eigenvalue weighted by Crippen LogP contribution is 2.56. The Labute approximate surface area is 112 Å². The largest absolute Gasteiger partial charge is 0.335 e. The van der Waals surface area contributed by atoms with Crippen molar-refractivity contribution in [3.63, 3.8) is 0 Å². The molecule has 3 nitrogen and oxygen atoms in total. The van der Waals surface area contributed by atoms with Crippen LogP contribution in [0.2, 0.25) is 0 Å². The maximum absolute atomic E-state index is 11.9. The molecular formula is C14H20N2OS. The van der Waals surface area contributed by atoms with Gasteiger partial charge in [0.15, 0.2) is 0 Å². The molecule has 4 heteroatoms. The molecule has 1 aliphatic heterocycles. The van der Waals surface area contributed by atoms with Crippen LogP contribution in [0, 0.1) is 5.41 Å². The summed E-state index contributed by atoms with van der Waals surface area (Å²) in [6, 6.07) is 2.61. The first-order valence-electron chi connectivity index (χ1n) is 6.70. The van der Waals surface area contributed by atoms with Crippen molar-refractivity contribution in [3.05, 3.63) is 22.4 Å². The molecule has 2 aliphatic rings. The van der Waals surface area contributed by atoms with Crippen molar-refractivity contribution >= 4 is 17.2 Å². The van der Waals surface area contributed by atoms with Gasteiger partial charge in [0.2, 0.25) is 5.91 Å². The lowest BCUT2D eigenvalue weighted by molar-refractivity contribution is -0.130. The van der Waals surface area contributed by atoms with Gasteiger partial charge in [-0.25, -0.2) is 0 Å². The molecule has 1 aromatic rings. The van der Waals surface area contributed by atoms with Crippen molar-refractivity contribution in [2.24, 2.45) is 5.41 Å². The van der Waals surface area contributed by atoms with Crippen LogP contribution >= 0.6 is 11.3 Å². The normalized spacial score (nSPS) is 25.1. The first-order chi connectivity index (χ1) is 8.71. The minimum Gasteiger partial charge on any atom is -0.335 e. The minimum atomic E-state index is 0.224. The summed E-state index contributed by atoms with van der Waals surface area (Å²) in [5.74, 6) is 0.224. The molecule has 0 bridgehead atoms. The Balaban J connectivity index is 1.70. The molecule has 1 atom stereocenters. The van der Waals surface area contributed by atoms with E-state index in [4.69, 9.17) is 0 Å². The van der Waals surface area contributed by atoms with E-state index < -0.39 is 0 Å². The molecule has 1 aromatic heterocycles. The summed E-state index contributed by atoms with van der Waals surface area (Å²) < 4.78 is 0. The SMILES string of the molecule is CC(=O)N(Cc1ccsc1)C1CC12CCNCC2. The number of thiophene rings is 1. The predicted molar refractivity (Wildman–Crippen MR) is 73.5 cm³/mol. The van der Waals surface area contributed by atoms with E-state index in [2.05, 4.69) is 27.0 Å². The van der Waals surface area contributed by atoms with Gasteiger partial charge in [0.1, 0.15) is 0 Å². The van der Waals surface area contributed by atoms with Gasteiger partial charge in [0.25, 0.3) is 0 Å². The van der Waals surface area contributed by atoms with E-state index in [0.717, 1.165) is 19.6 Å². The molecule has 0 radical (unpaired) electrons. The van der Waals surface area contributed by atoms with Gasteiger partial charge < -0.3 is 10.2 Å². The predicted octanol–water partition coefficient (Wildman–Crippen LogP) is 2.24. The molecule has 0 aromatic carbocycles. The van der Waals surface area contributed by atoms with Crippen LogP contribution in [-0.2, 0) is 11.3 Å². The van der Waals surface area contributed by atoms with Crippen molar-refractivity contribution in [1.29, 1.82) is 0 Å². The highest BCUT2D eigenvalue weighted by Gasteiger charge is 2.57. The third-order valence-electron chi connectivity index (χ3n) is 4.46. The topological polar surface area (TPSA) is 32.3 Å². The number of rotatable bonds is 3. The van der Waals surface area contributed by atoms with E-state index in [-0.39, 0.29) is 5.91 Å². The second-order valence-electron chi connectivity index (χ2n) is 5.61. The molecule has 1 amide bonds. The summed E-state index contributed by atoms with van der Waals surface area (Å²) in [6.07, 6.45) is 3.66. The van der Waals surface area contributed by atoms with Gasteiger partial charge in [-0.3, -0.25) is 4.79 Å². The third kappa shape index (κ3) is 2.19. The molecule has 1 unspecified atom stereocenters. The van der Waals surface area contributed by atoms with E-state index in [1.54, 1.807) is 18.3 Å². The van der Waals surface area contributed by atoms with Crippen LogP contribution < -0.4 is 5.32 Å². The number of carbonyl (C=O) groups excluding carboxylic acids is 1. The number of carbonyl (C=O) groups is 1. The lowest BCUT2D eigenvalue weighted by Gasteiger charge is -2.28. The average molecular weight is 264 g/mol. The van der Waals surface area contributed by atoms with Crippen LogP contribution in [0.25, 0.3) is 0 Å². The Morgan fingerprint density at radius 1 is 1.56 bits per heavy atom. The van der Waals surface area contributed by atoms with Gasteiger partial charge in [-0.15, -0.1) is 0 Å². The smallest absolute Gasteiger partial charge is 0.220 e. The Bertz CT molecular complexity index is 423. The first-order valence-corrected chi connectivity index (χ1v) is 7.65. The number of nitrogens with one attached hydrogen (secondary N) is 1. The summed E-state index contributed by atoms with van der Waals surface area (Å²) >= 11 is 1.70. The highest BCUT2D eigenvalue weighted by atomic mass is 32.1. The molecule has 3 rings (SSSR count). The quantitative estimate of drug-likeness (QED) is 0.908. The fraction of sp³-hybridized carbons (Fsp3) is 0.643. The zero-order valence-corrected chi connectivity index (χ0v) is 11.6. The molecule has 1 spiro atoms. The maximum Gasteiger partial charge on any atom is 0.220 e. The van der Waals surface area contributed by atoms with Crippen molar-refractivity contribution < 1.29 is 4.79 Å². The van der Waals surface area contributed by atoms with Crippen LogP contribution in [0.15, 0.2) is 16.8 Å². The van der Waals surface area contributed by atoms with Crippen LogP contribution in [0.4, 0.5) is 0 Å². The Kier molecular flexibility index (Phi) is 3.16. The molecule has 1 saturated heterocycles. The maximum atomic E-state index is 11.9. The van der Waals surface area contributed by atoms with Crippen LogP contribution in [0.1, 0.15) is 31.7 Å². The number of hydrogen-bond donors (Lipinski definition) is 1. The second-order valence-corrected chi connectivity index (χ2v) is 6.39. The van der Waals surface area contributed by atoms with E-state index in [9.17, 15) is 4.79 Å². The van der Waals surface area contributed by atoms with E-state index in [0.29, 0.717) is 11.5 Å². The fourth-order valence-corrected chi connectivity index (χ4v) is 3.91. The van der Waals surface area contributed by atoms with E-state index >= 15 is 0 Å².